The highest BCUT2D eigenvalue weighted by molar-refractivity contribution is 5.81. The van der Waals surface area contributed by atoms with Crippen LogP contribution in [0, 0.1) is 5.92 Å². The van der Waals surface area contributed by atoms with Gasteiger partial charge in [0.05, 0.1) is 0 Å². The van der Waals surface area contributed by atoms with E-state index in [1.165, 1.54) is 5.57 Å². The van der Waals surface area contributed by atoms with Gasteiger partial charge in [0.2, 0.25) is 0 Å². The predicted molar refractivity (Wildman–Crippen MR) is 55.6 cm³/mol. The molecule has 0 saturated heterocycles. The first-order valence-electron chi connectivity index (χ1n) is 5.39. The maximum atomic E-state index is 11.2. The minimum atomic E-state index is 0.458. The van der Waals surface area contributed by atoms with Crippen molar-refractivity contribution >= 4 is 5.78 Å². The zero-order valence-corrected chi connectivity index (χ0v) is 9.02. The van der Waals surface area contributed by atoms with Crippen molar-refractivity contribution < 1.29 is 4.79 Å². The minimum Gasteiger partial charge on any atom is -0.300 e. The second-order valence-electron chi connectivity index (χ2n) is 3.99. The van der Waals surface area contributed by atoms with Crippen molar-refractivity contribution in [3.63, 3.8) is 0 Å². The smallest absolute Gasteiger partial charge is 0.133 e. The third-order valence-corrected chi connectivity index (χ3v) is 3.20. The fraction of sp³-hybridized carbons (Fsp3) is 0.750. The van der Waals surface area contributed by atoms with E-state index in [2.05, 4.69) is 20.8 Å². The predicted octanol–water partition coefficient (Wildman–Crippen LogP) is 3.49. The number of carbonyl (C=O) groups excluding carboxylic acids is 1. The van der Waals surface area contributed by atoms with E-state index in [1.807, 2.05) is 0 Å². The number of Topliss-reactive ketones (excluding diaryl/α,β-unsaturated/α-hetero) is 1. The summed E-state index contributed by atoms with van der Waals surface area (Å²) in [6.45, 7) is 6.61. The van der Waals surface area contributed by atoms with Crippen LogP contribution in [0.2, 0.25) is 0 Å². The molecule has 1 aliphatic carbocycles. The topological polar surface area (TPSA) is 17.1 Å². The molecule has 0 radical (unpaired) electrons. The molecule has 0 bridgehead atoms. The molecule has 13 heavy (non-hydrogen) atoms. The molecule has 1 fully saturated rings. The summed E-state index contributed by atoms with van der Waals surface area (Å²) in [7, 11) is 0. The van der Waals surface area contributed by atoms with E-state index in [-0.39, 0.29) is 0 Å². The lowest BCUT2D eigenvalue weighted by molar-refractivity contribution is -0.117. The quantitative estimate of drug-likeness (QED) is 0.607. The van der Waals surface area contributed by atoms with Crippen LogP contribution in [0.1, 0.15) is 52.9 Å². The lowest BCUT2D eigenvalue weighted by Gasteiger charge is -2.15. The highest BCUT2D eigenvalue weighted by Crippen LogP contribution is 2.33. The van der Waals surface area contributed by atoms with Crippen molar-refractivity contribution in [3.8, 4) is 0 Å². The SMILES string of the molecule is CC/C(C)=C(\CC)[C@@H]1CCC(=O)C1. The third-order valence-electron chi connectivity index (χ3n) is 3.20. The van der Waals surface area contributed by atoms with E-state index < -0.39 is 0 Å². The van der Waals surface area contributed by atoms with E-state index in [0.29, 0.717) is 11.7 Å². The van der Waals surface area contributed by atoms with Crippen LogP contribution in [0.4, 0.5) is 0 Å². The van der Waals surface area contributed by atoms with Crippen LogP contribution in [0.5, 0.6) is 0 Å². The molecular weight excluding hydrogens is 160 g/mol. The molecule has 0 aromatic rings. The van der Waals surface area contributed by atoms with Crippen molar-refractivity contribution in [3.05, 3.63) is 11.1 Å². The zero-order chi connectivity index (χ0) is 9.84. The van der Waals surface area contributed by atoms with E-state index in [0.717, 1.165) is 32.1 Å². The van der Waals surface area contributed by atoms with Crippen molar-refractivity contribution in [2.45, 2.75) is 52.9 Å². The third kappa shape index (κ3) is 2.43. The fourth-order valence-electron chi connectivity index (χ4n) is 2.28. The van der Waals surface area contributed by atoms with Gasteiger partial charge in [-0.15, -0.1) is 0 Å². The second kappa shape index (κ2) is 4.59. The number of hydrogen-bond donors (Lipinski definition) is 0. The molecule has 0 spiro atoms. The molecular formula is C12H20O. The summed E-state index contributed by atoms with van der Waals surface area (Å²) in [5.74, 6) is 1.04. The van der Waals surface area contributed by atoms with Crippen molar-refractivity contribution in [2.24, 2.45) is 5.92 Å². The van der Waals surface area contributed by atoms with Gasteiger partial charge in [-0.3, -0.25) is 4.79 Å². The summed E-state index contributed by atoms with van der Waals surface area (Å²) in [5.41, 5.74) is 3.05. The average Bonchev–Trinajstić information content (AvgIpc) is 2.53. The highest BCUT2D eigenvalue weighted by atomic mass is 16.1. The molecule has 0 heterocycles. The highest BCUT2D eigenvalue weighted by Gasteiger charge is 2.24. The molecule has 0 aromatic carbocycles. The van der Waals surface area contributed by atoms with E-state index in [9.17, 15) is 4.79 Å². The Bertz CT molecular complexity index is 225. The van der Waals surface area contributed by atoms with E-state index in [1.54, 1.807) is 5.57 Å². The maximum Gasteiger partial charge on any atom is 0.133 e. The molecule has 1 atom stereocenters. The second-order valence-corrected chi connectivity index (χ2v) is 3.99. The Balaban J connectivity index is 2.73. The van der Waals surface area contributed by atoms with Gasteiger partial charge in [-0.2, -0.15) is 0 Å². The van der Waals surface area contributed by atoms with Crippen LogP contribution >= 0.6 is 0 Å². The van der Waals surface area contributed by atoms with Crippen LogP contribution in [0.3, 0.4) is 0 Å². The molecule has 0 unspecified atom stereocenters. The van der Waals surface area contributed by atoms with Crippen molar-refractivity contribution in [1.29, 1.82) is 0 Å². The van der Waals surface area contributed by atoms with Crippen molar-refractivity contribution in [2.75, 3.05) is 0 Å². The molecule has 1 rings (SSSR count). The first kappa shape index (κ1) is 10.5. The molecule has 0 aromatic heterocycles. The number of hydrogen-bond acceptors (Lipinski definition) is 1. The summed E-state index contributed by atoms with van der Waals surface area (Å²) >= 11 is 0. The number of rotatable bonds is 3. The Morgan fingerprint density at radius 3 is 2.46 bits per heavy atom. The Morgan fingerprint density at radius 1 is 1.38 bits per heavy atom. The Hall–Kier alpha value is -0.590. The van der Waals surface area contributed by atoms with Gasteiger partial charge in [-0.1, -0.05) is 25.0 Å². The van der Waals surface area contributed by atoms with Gasteiger partial charge in [-0.25, -0.2) is 0 Å². The van der Waals surface area contributed by atoms with Crippen LogP contribution in [-0.4, -0.2) is 5.78 Å². The van der Waals surface area contributed by atoms with Gasteiger partial charge < -0.3 is 0 Å². The molecule has 1 nitrogen and oxygen atoms in total. The summed E-state index contributed by atoms with van der Waals surface area (Å²) in [4.78, 5) is 11.2. The summed E-state index contributed by atoms with van der Waals surface area (Å²) in [6.07, 6.45) is 4.97. The van der Waals surface area contributed by atoms with Gasteiger partial charge in [0.1, 0.15) is 5.78 Å². The van der Waals surface area contributed by atoms with Crippen LogP contribution in [0.15, 0.2) is 11.1 Å². The first-order valence-corrected chi connectivity index (χ1v) is 5.39. The summed E-state index contributed by atoms with van der Waals surface area (Å²) in [5, 5.41) is 0. The Labute approximate surface area is 81.2 Å². The molecule has 74 valence electrons. The zero-order valence-electron chi connectivity index (χ0n) is 9.02. The van der Waals surface area contributed by atoms with Crippen LogP contribution < -0.4 is 0 Å². The Kier molecular flexibility index (Phi) is 3.71. The first-order chi connectivity index (χ1) is 6.19. The normalized spacial score (nSPS) is 24.8. The maximum absolute atomic E-state index is 11.2. The van der Waals surface area contributed by atoms with Crippen molar-refractivity contribution in [1.82, 2.24) is 0 Å². The van der Waals surface area contributed by atoms with Gasteiger partial charge in [-0.05, 0) is 32.1 Å². The summed E-state index contributed by atoms with van der Waals surface area (Å²) < 4.78 is 0. The standard InChI is InChI=1S/C12H20O/c1-4-9(3)12(5-2)10-6-7-11(13)8-10/h10H,4-8H2,1-3H3/b12-9+/t10-/m1/s1. The lowest BCUT2D eigenvalue weighted by atomic mass is 9.90. The van der Waals surface area contributed by atoms with Gasteiger partial charge in [0, 0.05) is 12.8 Å². The molecule has 0 amide bonds. The van der Waals surface area contributed by atoms with Gasteiger partial charge in [0.15, 0.2) is 0 Å². The van der Waals surface area contributed by atoms with Gasteiger partial charge in [0.25, 0.3) is 0 Å². The molecule has 1 saturated carbocycles. The molecule has 0 aliphatic heterocycles. The van der Waals surface area contributed by atoms with Gasteiger partial charge >= 0.3 is 0 Å². The fourth-order valence-corrected chi connectivity index (χ4v) is 2.28. The molecule has 1 heteroatoms. The van der Waals surface area contributed by atoms with E-state index in [4.69, 9.17) is 0 Å². The minimum absolute atomic E-state index is 0.458. The number of ketones is 1. The molecule has 1 aliphatic rings. The summed E-state index contributed by atoms with van der Waals surface area (Å²) in [6, 6.07) is 0. The Morgan fingerprint density at radius 2 is 2.08 bits per heavy atom. The molecule has 0 N–H and O–H groups in total. The monoisotopic (exact) mass is 180 g/mol. The largest absolute Gasteiger partial charge is 0.300 e. The van der Waals surface area contributed by atoms with E-state index >= 15 is 0 Å². The number of allylic oxidation sites excluding steroid dienone is 2. The lowest BCUT2D eigenvalue weighted by Crippen LogP contribution is -2.02. The van der Waals surface area contributed by atoms with Crippen LogP contribution in [-0.2, 0) is 4.79 Å². The number of carbonyl (C=O) groups is 1. The average molecular weight is 180 g/mol. The van der Waals surface area contributed by atoms with Crippen LogP contribution in [0.25, 0.3) is 0 Å².